The van der Waals surface area contributed by atoms with Crippen molar-refractivity contribution in [1.29, 1.82) is 0 Å². The third-order valence-corrected chi connectivity index (χ3v) is 4.50. The van der Waals surface area contributed by atoms with Gasteiger partial charge in [-0.15, -0.1) is 0 Å². The molecular weight excluding hydrogens is 198 g/mol. The van der Waals surface area contributed by atoms with Gasteiger partial charge in [0, 0.05) is 12.6 Å². The summed E-state index contributed by atoms with van der Waals surface area (Å²) in [5, 5.41) is 13.9. The van der Waals surface area contributed by atoms with Crippen LogP contribution >= 0.6 is 0 Å². The predicted molar refractivity (Wildman–Crippen MR) is 69.6 cm³/mol. The molecule has 16 heavy (non-hydrogen) atoms. The molecule has 0 amide bonds. The Morgan fingerprint density at radius 1 is 1.25 bits per heavy atom. The third kappa shape index (κ3) is 3.46. The summed E-state index contributed by atoms with van der Waals surface area (Å²) < 4.78 is 0. The van der Waals surface area contributed by atoms with Gasteiger partial charge >= 0.3 is 0 Å². The van der Waals surface area contributed by atoms with Crippen molar-refractivity contribution in [3.63, 3.8) is 0 Å². The van der Waals surface area contributed by atoms with Crippen LogP contribution < -0.4 is 5.32 Å². The molecule has 2 nitrogen and oxygen atoms in total. The van der Waals surface area contributed by atoms with Gasteiger partial charge in [-0.1, -0.05) is 40.5 Å². The first-order chi connectivity index (χ1) is 7.43. The molecule has 0 aromatic rings. The van der Waals surface area contributed by atoms with Crippen molar-refractivity contribution in [3.8, 4) is 0 Å². The number of aliphatic hydroxyl groups is 1. The van der Waals surface area contributed by atoms with Gasteiger partial charge in [0.25, 0.3) is 0 Å². The zero-order valence-electron chi connectivity index (χ0n) is 11.5. The number of hydrogen-bond donors (Lipinski definition) is 2. The minimum absolute atomic E-state index is 0.390. The van der Waals surface area contributed by atoms with E-state index >= 15 is 0 Å². The molecule has 1 unspecified atom stereocenters. The maximum absolute atomic E-state index is 10.3. The van der Waals surface area contributed by atoms with E-state index in [9.17, 15) is 5.11 Å². The lowest BCUT2D eigenvalue weighted by atomic mass is 9.73. The molecule has 0 saturated heterocycles. The van der Waals surface area contributed by atoms with E-state index in [1.165, 1.54) is 25.7 Å². The van der Waals surface area contributed by atoms with Crippen LogP contribution in [0.15, 0.2) is 0 Å². The van der Waals surface area contributed by atoms with Gasteiger partial charge in [-0.3, -0.25) is 0 Å². The molecule has 0 spiro atoms. The standard InChI is InChI=1S/C14H29NO/c1-5-14(16,6-2)11-15-12-9-7-8-10-13(12,3)4/h12,15-16H,5-11H2,1-4H3. The van der Waals surface area contributed by atoms with Gasteiger partial charge in [0.15, 0.2) is 0 Å². The van der Waals surface area contributed by atoms with Crippen molar-refractivity contribution in [2.24, 2.45) is 5.41 Å². The normalized spacial score (nSPS) is 25.7. The summed E-state index contributed by atoms with van der Waals surface area (Å²) in [5.74, 6) is 0. The topological polar surface area (TPSA) is 32.3 Å². The summed E-state index contributed by atoms with van der Waals surface area (Å²) in [7, 11) is 0. The lowest BCUT2D eigenvalue weighted by molar-refractivity contribution is 0.0213. The van der Waals surface area contributed by atoms with E-state index in [1.54, 1.807) is 0 Å². The van der Waals surface area contributed by atoms with Crippen LogP contribution in [0.2, 0.25) is 0 Å². The van der Waals surface area contributed by atoms with E-state index in [-0.39, 0.29) is 0 Å². The summed E-state index contributed by atoms with van der Waals surface area (Å²) in [6.45, 7) is 9.57. The van der Waals surface area contributed by atoms with Crippen LogP contribution in [0.25, 0.3) is 0 Å². The van der Waals surface area contributed by atoms with Gasteiger partial charge in [-0.2, -0.15) is 0 Å². The highest BCUT2D eigenvalue weighted by atomic mass is 16.3. The van der Waals surface area contributed by atoms with E-state index in [0.29, 0.717) is 11.5 Å². The molecule has 0 aliphatic heterocycles. The first-order valence-corrected chi connectivity index (χ1v) is 6.89. The van der Waals surface area contributed by atoms with Crippen molar-refractivity contribution in [2.75, 3.05) is 6.54 Å². The Kier molecular flexibility index (Phi) is 4.81. The fourth-order valence-electron chi connectivity index (χ4n) is 2.69. The Hall–Kier alpha value is -0.0800. The number of nitrogens with one attached hydrogen (secondary N) is 1. The molecule has 1 aliphatic rings. The van der Waals surface area contributed by atoms with Gasteiger partial charge < -0.3 is 10.4 Å². The van der Waals surface area contributed by atoms with Crippen LogP contribution in [0.1, 0.15) is 66.2 Å². The monoisotopic (exact) mass is 227 g/mol. The summed E-state index contributed by atoms with van der Waals surface area (Å²) >= 11 is 0. The number of hydrogen-bond acceptors (Lipinski definition) is 2. The van der Waals surface area contributed by atoms with Gasteiger partial charge in [-0.05, 0) is 31.1 Å². The van der Waals surface area contributed by atoms with Crippen molar-refractivity contribution in [1.82, 2.24) is 5.32 Å². The molecule has 2 N–H and O–H groups in total. The molecule has 0 heterocycles. The summed E-state index contributed by atoms with van der Waals surface area (Å²) in [4.78, 5) is 0. The van der Waals surface area contributed by atoms with Crippen LogP contribution in [0, 0.1) is 5.41 Å². The summed E-state index contributed by atoms with van der Waals surface area (Å²) in [5.41, 5.74) is -0.117. The molecule has 96 valence electrons. The SMILES string of the molecule is CCC(O)(CC)CNC1CCCCC1(C)C. The fraction of sp³-hybridized carbons (Fsp3) is 1.00. The molecule has 2 heteroatoms. The van der Waals surface area contributed by atoms with Crippen molar-refractivity contribution >= 4 is 0 Å². The highest BCUT2D eigenvalue weighted by Gasteiger charge is 2.33. The van der Waals surface area contributed by atoms with Gasteiger partial charge in [0.1, 0.15) is 0 Å². The molecular formula is C14H29NO. The molecule has 0 radical (unpaired) electrons. The third-order valence-electron chi connectivity index (χ3n) is 4.50. The maximum atomic E-state index is 10.3. The second kappa shape index (κ2) is 5.50. The van der Waals surface area contributed by atoms with Crippen LogP contribution in [-0.2, 0) is 0 Å². The summed E-state index contributed by atoms with van der Waals surface area (Å²) in [6, 6.07) is 0.575. The first-order valence-electron chi connectivity index (χ1n) is 6.89. The maximum Gasteiger partial charge on any atom is 0.0766 e. The number of rotatable bonds is 5. The highest BCUT2D eigenvalue weighted by molar-refractivity contribution is 4.90. The van der Waals surface area contributed by atoms with Crippen molar-refractivity contribution in [3.05, 3.63) is 0 Å². The van der Waals surface area contributed by atoms with Crippen LogP contribution in [0.4, 0.5) is 0 Å². The largest absolute Gasteiger partial charge is 0.389 e. The van der Waals surface area contributed by atoms with E-state index in [4.69, 9.17) is 0 Å². The molecule has 1 saturated carbocycles. The minimum atomic E-state index is -0.506. The smallest absolute Gasteiger partial charge is 0.0766 e. The van der Waals surface area contributed by atoms with Gasteiger partial charge in [0.2, 0.25) is 0 Å². The highest BCUT2D eigenvalue weighted by Crippen LogP contribution is 2.35. The van der Waals surface area contributed by atoms with Crippen molar-refractivity contribution < 1.29 is 5.11 Å². The van der Waals surface area contributed by atoms with Crippen molar-refractivity contribution in [2.45, 2.75) is 77.9 Å². The second-order valence-electron chi connectivity index (χ2n) is 6.10. The Morgan fingerprint density at radius 3 is 2.38 bits per heavy atom. The van der Waals surface area contributed by atoms with Crippen LogP contribution in [-0.4, -0.2) is 23.3 Å². The van der Waals surface area contributed by atoms with Crippen LogP contribution in [0.5, 0.6) is 0 Å². The average Bonchev–Trinajstić information content (AvgIpc) is 2.27. The van der Waals surface area contributed by atoms with E-state index < -0.39 is 5.60 Å². The molecule has 0 aromatic heterocycles. The van der Waals surface area contributed by atoms with Crippen LogP contribution in [0.3, 0.4) is 0 Å². The zero-order valence-corrected chi connectivity index (χ0v) is 11.5. The van der Waals surface area contributed by atoms with Gasteiger partial charge in [-0.25, -0.2) is 0 Å². The fourth-order valence-corrected chi connectivity index (χ4v) is 2.69. The first kappa shape index (κ1) is 14.0. The zero-order chi connectivity index (χ0) is 12.2. The summed E-state index contributed by atoms with van der Waals surface area (Å²) in [6.07, 6.45) is 6.93. The predicted octanol–water partition coefficient (Wildman–Crippen LogP) is 3.10. The molecule has 0 aromatic carbocycles. The Morgan fingerprint density at radius 2 is 1.88 bits per heavy atom. The molecule has 1 fully saturated rings. The van der Waals surface area contributed by atoms with E-state index in [1.807, 2.05) is 0 Å². The average molecular weight is 227 g/mol. The molecule has 1 atom stereocenters. The lowest BCUT2D eigenvalue weighted by Gasteiger charge is -2.41. The molecule has 1 rings (SSSR count). The van der Waals surface area contributed by atoms with E-state index in [0.717, 1.165) is 19.4 Å². The van der Waals surface area contributed by atoms with Gasteiger partial charge in [0.05, 0.1) is 5.60 Å². The quantitative estimate of drug-likeness (QED) is 0.756. The Balaban J connectivity index is 2.47. The Bertz CT molecular complexity index is 209. The minimum Gasteiger partial charge on any atom is -0.389 e. The van der Waals surface area contributed by atoms with E-state index in [2.05, 4.69) is 33.0 Å². The lowest BCUT2D eigenvalue weighted by Crippen LogP contribution is -2.50. The molecule has 1 aliphatic carbocycles. The second-order valence-corrected chi connectivity index (χ2v) is 6.10. The Labute approximate surface area is 101 Å². The molecule has 0 bridgehead atoms.